The maximum atomic E-state index is 12.3. The number of benzene rings is 2. The molecule has 0 radical (unpaired) electrons. The normalized spacial score (nSPS) is 16.6. The number of carbonyl (C=O) groups excluding carboxylic acids is 2. The highest BCUT2D eigenvalue weighted by Crippen LogP contribution is 2.18. The van der Waals surface area contributed by atoms with Gasteiger partial charge < -0.3 is 20.4 Å². The van der Waals surface area contributed by atoms with Crippen molar-refractivity contribution in [1.29, 1.82) is 0 Å². The summed E-state index contributed by atoms with van der Waals surface area (Å²) in [5, 5.41) is 6.00. The molecule has 0 saturated carbocycles. The molecule has 0 aliphatic carbocycles. The highest BCUT2D eigenvalue weighted by molar-refractivity contribution is 5.90. The summed E-state index contributed by atoms with van der Waals surface area (Å²) in [6, 6.07) is 16.1. The van der Waals surface area contributed by atoms with Crippen molar-refractivity contribution in [3.8, 4) is 0 Å². The Bertz CT molecular complexity index is 794. The van der Waals surface area contributed by atoms with Gasteiger partial charge in [-0.15, -0.1) is 0 Å². The summed E-state index contributed by atoms with van der Waals surface area (Å²) in [6.45, 7) is 3.38. The molecule has 0 aromatic heterocycles. The Morgan fingerprint density at radius 2 is 0.935 bits per heavy atom. The minimum absolute atomic E-state index is 0.00496. The molecule has 31 heavy (non-hydrogen) atoms. The molecule has 2 aliphatic heterocycles. The molecule has 0 bridgehead atoms. The smallest absolute Gasteiger partial charge is 0.321 e. The van der Waals surface area contributed by atoms with Crippen molar-refractivity contribution in [1.82, 2.24) is 9.80 Å². The predicted molar refractivity (Wildman–Crippen MR) is 125 cm³/mol. The van der Waals surface area contributed by atoms with Crippen molar-refractivity contribution >= 4 is 23.4 Å². The fraction of sp³-hybridized carbons (Fsp3) is 0.440. The molecule has 6 nitrogen and oxygen atoms in total. The first kappa shape index (κ1) is 21.2. The fourth-order valence-corrected chi connectivity index (χ4v) is 4.25. The van der Waals surface area contributed by atoms with Gasteiger partial charge in [0.25, 0.3) is 0 Å². The van der Waals surface area contributed by atoms with E-state index in [0.29, 0.717) is 0 Å². The van der Waals surface area contributed by atoms with E-state index in [0.717, 1.165) is 69.7 Å². The lowest BCUT2D eigenvalue weighted by Crippen LogP contribution is -2.38. The molecular weight excluding hydrogens is 388 g/mol. The summed E-state index contributed by atoms with van der Waals surface area (Å²) in [4.78, 5) is 28.5. The van der Waals surface area contributed by atoms with Crippen LogP contribution in [0.3, 0.4) is 0 Å². The molecule has 2 aromatic rings. The summed E-state index contributed by atoms with van der Waals surface area (Å²) in [6.07, 6.45) is 7.59. The zero-order valence-corrected chi connectivity index (χ0v) is 18.1. The van der Waals surface area contributed by atoms with E-state index in [1.807, 2.05) is 34.1 Å². The molecule has 2 N–H and O–H groups in total. The average Bonchev–Trinajstić information content (AvgIpc) is 2.82. The third-order valence-corrected chi connectivity index (χ3v) is 6.11. The first-order valence-electron chi connectivity index (χ1n) is 11.5. The monoisotopic (exact) mass is 420 g/mol. The molecule has 4 rings (SSSR count). The molecule has 6 heteroatoms. The molecule has 2 heterocycles. The number of nitrogens with zero attached hydrogens (tertiary/aromatic N) is 2. The highest BCUT2D eigenvalue weighted by atomic mass is 16.2. The molecule has 2 aliphatic rings. The second-order valence-corrected chi connectivity index (χ2v) is 8.53. The minimum Gasteiger partial charge on any atom is -0.325 e. The maximum absolute atomic E-state index is 12.3. The number of carbonyl (C=O) groups is 2. The largest absolute Gasteiger partial charge is 0.325 e. The van der Waals surface area contributed by atoms with Crippen LogP contribution >= 0.6 is 0 Å². The molecule has 2 saturated heterocycles. The summed E-state index contributed by atoms with van der Waals surface area (Å²) in [5.74, 6) is 0. The Balaban J connectivity index is 1.27. The Labute approximate surface area is 184 Å². The van der Waals surface area contributed by atoms with Crippen molar-refractivity contribution in [3.63, 3.8) is 0 Å². The Morgan fingerprint density at radius 1 is 0.581 bits per heavy atom. The zero-order valence-electron chi connectivity index (χ0n) is 18.1. The molecule has 0 unspecified atom stereocenters. The molecule has 2 fully saturated rings. The first-order valence-corrected chi connectivity index (χ1v) is 11.5. The summed E-state index contributed by atoms with van der Waals surface area (Å²) < 4.78 is 0. The van der Waals surface area contributed by atoms with Crippen LogP contribution in [-0.4, -0.2) is 48.0 Å². The Kier molecular flexibility index (Phi) is 7.07. The van der Waals surface area contributed by atoms with E-state index < -0.39 is 0 Å². The molecule has 164 valence electrons. The molecule has 4 amide bonds. The van der Waals surface area contributed by atoms with E-state index in [4.69, 9.17) is 0 Å². The van der Waals surface area contributed by atoms with Crippen LogP contribution in [0.1, 0.15) is 49.7 Å². The quantitative estimate of drug-likeness (QED) is 0.704. The highest BCUT2D eigenvalue weighted by Gasteiger charge is 2.17. The van der Waals surface area contributed by atoms with Crippen LogP contribution in [0.4, 0.5) is 21.0 Å². The number of likely N-dealkylation sites (tertiary alicyclic amines) is 2. The number of urea groups is 2. The lowest BCUT2D eigenvalue weighted by molar-refractivity contribution is 0.199. The van der Waals surface area contributed by atoms with E-state index >= 15 is 0 Å². The Morgan fingerprint density at radius 3 is 1.29 bits per heavy atom. The van der Waals surface area contributed by atoms with Gasteiger partial charge in [-0.1, -0.05) is 24.3 Å². The zero-order chi connectivity index (χ0) is 21.5. The second-order valence-electron chi connectivity index (χ2n) is 8.53. The van der Waals surface area contributed by atoms with Crippen molar-refractivity contribution in [2.24, 2.45) is 0 Å². The van der Waals surface area contributed by atoms with Crippen LogP contribution < -0.4 is 10.6 Å². The summed E-state index contributed by atoms with van der Waals surface area (Å²) in [7, 11) is 0. The number of rotatable bonds is 4. The van der Waals surface area contributed by atoms with Gasteiger partial charge in [0.15, 0.2) is 0 Å². The van der Waals surface area contributed by atoms with Gasteiger partial charge >= 0.3 is 12.1 Å². The third-order valence-electron chi connectivity index (χ3n) is 6.11. The molecule has 0 atom stereocenters. The van der Waals surface area contributed by atoms with Crippen molar-refractivity contribution in [2.75, 3.05) is 36.8 Å². The average molecular weight is 421 g/mol. The Hall–Kier alpha value is -3.02. The number of amides is 4. The van der Waals surface area contributed by atoms with Crippen LogP contribution in [0.25, 0.3) is 0 Å². The van der Waals surface area contributed by atoms with Crippen molar-refractivity contribution < 1.29 is 9.59 Å². The van der Waals surface area contributed by atoms with Crippen LogP contribution in [0, 0.1) is 0 Å². The van der Waals surface area contributed by atoms with E-state index in [1.165, 1.54) is 24.0 Å². The lowest BCUT2D eigenvalue weighted by atomic mass is 10.0. The molecular formula is C25H32N4O2. The molecule has 2 aromatic carbocycles. The van der Waals surface area contributed by atoms with Crippen LogP contribution in [0.15, 0.2) is 48.5 Å². The second kappa shape index (κ2) is 10.3. The number of anilines is 2. The SMILES string of the molecule is O=C(Nc1ccc(Cc2ccc(NC(=O)N3CCCCC3)cc2)cc1)N1CCCCC1. The third kappa shape index (κ3) is 6.00. The van der Waals surface area contributed by atoms with Gasteiger partial charge in [0, 0.05) is 37.6 Å². The standard InChI is InChI=1S/C25H32N4O2/c30-24(28-15-3-1-4-16-28)26-22-11-7-20(8-12-22)19-21-9-13-23(14-10-21)27-25(31)29-17-5-2-6-18-29/h7-14H,1-6,15-19H2,(H,26,30)(H,27,31). The van der Waals surface area contributed by atoms with Crippen molar-refractivity contribution in [2.45, 2.75) is 44.9 Å². The van der Waals surface area contributed by atoms with Gasteiger partial charge in [-0.25, -0.2) is 9.59 Å². The number of piperidine rings is 2. The maximum Gasteiger partial charge on any atom is 0.321 e. The minimum atomic E-state index is -0.00496. The summed E-state index contributed by atoms with van der Waals surface area (Å²) >= 11 is 0. The predicted octanol–water partition coefficient (Wildman–Crippen LogP) is 5.31. The van der Waals surface area contributed by atoms with E-state index in [-0.39, 0.29) is 12.1 Å². The van der Waals surface area contributed by atoms with Crippen LogP contribution in [0.5, 0.6) is 0 Å². The van der Waals surface area contributed by atoms with E-state index in [9.17, 15) is 9.59 Å². The number of hydrogen-bond acceptors (Lipinski definition) is 2. The van der Waals surface area contributed by atoms with Crippen LogP contribution in [-0.2, 0) is 6.42 Å². The van der Waals surface area contributed by atoms with Gasteiger partial charge in [-0.2, -0.15) is 0 Å². The molecule has 0 spiro atoms. The lowest BCUT2D eigenvalue weighted by Gasteiger charge is -2.26. The van der Waals surface area contributed by atoms with Crippen molar-refractivity contribution in [3.05, 3.63) is 59.7 Å². The van der Waals surface area contributed by atoms with Gasteiger partial charge in [0.2, 0.25) is 0 Å². The fourth-order valence-electron chi connectivity index (χ4n) is 4.25. The number of hydrogen-bond donors (Lipinski definition) is 2. The van der Waals surface area contributed by atoms with Crippen LogP contribution in [0.2, 0.25) is 0 Å². The van der Waals surface area contributed by atoms with E-state index in [1.54, 1.807) is 0 Å². The van der Waals surface area contributed by atoms with E-state index in [2.05, 4.69) is 34.9 Å². The number of nitrogens with one attached hydrogen (secondary N) is 2. The topological polar surface area (TPSA) is 64.7 Å². The summed E-state index contributed by atoms with van der Waals surface area (Å²) in [5.41, 5.74) is 4.02. The van der Waals surface area contributed by atoms with Gasteiger partial charge in [-0.05, 0) is 80.3 Å². The van der Waals surface area contributed by atoms with Gasteiger partial charge in [0.1, 0.15) is 0 Å². The van der Waals surface area contributed by atoms with Gasteiger partial charge in [0.05, 0.1) is 0 Å². The first-order chi connectivity index (χ1) is 15.2. The van der Waals surface area contributed by atoms with Gasteiger partial charge in [-0.3, -0.25) is 0 Å².